The molecule has 2 rings (SSSR count). The summed E-state index contributed by atoms with van der Waals surface area (Å²) in [5.41, 5.74) is 1.20. The molecule has 1 aromatic carbocycles. The van der Waals surface area contributed by atoms with Crippen molar-refractivity contribution in [1.82, 2.24) is 4.98 Å². The van der Waals surface area contributed by atoms with E-state index < -0.39 is 4.92 Å². The Kier molecular flexibility index (Phi) is 3.57. The van der Waals surface area contributed by atoms with Crippen molar-refractivity contribution < 1.29 is 4.92 Å². The van der Waals surface area contributed by atoms with Gasteiger partial charge in [-0.15, -0.1) is 0 Å². The molecule has 0 amide bonds. The number of anilines is 1. The second-order valence-electron chi connectivity index (χ2n) is 4.09. The zero-order valence-electron chi connectivity index (χ0n) is 10.4. The minimum absolute atomic E-state index is 0.00645. The van der Waals surface area contributed by atoms with Gasteiger partial charge >= 0.3 is 0 Å². The van der Waals surface area contributed by atoms with Gasteiger partial charge in [0, 0.05) is 36.9 Å². The average molecular weight is 256 g/mol. The van der Waals surface area contributed by atoms with Gasteiger partial charge in [-0.3, -0.25) is 10.1 Å². The van der Waals surface area contributed by atoms with E-state index in [2.05, 4.69) is 11.1 Å². The molecule has 0 bridgehead atoms. The molecule has 0 aliphatic carbocycles. The zero-order chi connectivity index (χ0) is 13.8. The van der Waals surface area contributed by atoms with Crippen LogP contribution in [0.5, 0.6) is 0 Å². The first-order valence-electron chi connectivity index (χ1n) is 5.75. The number of nitrogens with zero attached hydrogens (tertiary/aromatic N) is 4. The molecule has 0 N–H and O–H groups in total. The van der Waals surface area contributed by atoms with Crippen LogP contribution in [0.25, 0.3) is 10.9 Å². The first-order valence-corrected chi connectivity index (χ1v) is 5.75. The Labute approximate surface area is 110 Å². The van der Waals surface area contributed by atoms with E-state index in [9.17, 15) is 10.1 Å². The van der Waals surface area contributed by atoms with Crippen LogP contribution < -0.4 is 4.90 Å². The van der Waals surface area contributed by atoms with Crippen molar-refractivity contribution in [3.05, 3.63) is 40.6 Å². The Morgan fingerprint density at radius 2 is 2.26 bits per heavy atom. The molecule has 6 heteroatoms. The molecule has 0 aliphatic rings. The number of benzene rings is 1. The number of nitriles is 1. The monoisotopic (exact) mass is 256 g/mol. The molecule has 0 atom stereocenters. The lowest BCUT2D eigenvalue weighted by atomic mass is 10.1. The molecule has 0 saturated carbocycles. The molecule has 0 unspecified atom stereocenters. The van der Waals surface area contributed by atoms with Crippen LogP contribution in [0.3, 0.4) is 0 Å². The molecule has 0 fully saturated rings. The summed E-state index contributed by atoms with van der Waals surface area (Å²) in [4.78, 5) is 16.5. The lowest BCUT2D eigenvalue weighted by Crippen LogP contribution is -2.18. The van der Waals surface area contributed by atoms with E-state index in [1.165, 1.54) is 6.07 Å². The topological polar surface area (TPSA) is 83.1 Å². The third kappa shape index (κ3) is 2.45. The molecular weight excluding hydrogens is 244 g/mol. The lowest BCUT2D eigenvalue weighted by Gasteiger charge is -2.19. The number of non-ortho nitro benzene ring substituents is 1. The van der Waals surface area contributed by atoms with E-state index in [0.717, 1.165) is 11.1 Å². The summed E-state index contributed by atoms with van der Waals surface area (Å²) in [5.74, 6) is 0. The van der Waals surface area contributed by atoms with Gasteiger partial charge in [-0.25, -0.2) is 4.98 Å². The summed E-state index contributed by atoms with van der Waals surface area (Å²) < 4.78 is 0. The van der Waals surface area contributed by atoms with Crippen molar-refractivity contribution in [3.63, 3.8) is 0 Å². The molecule has 0 radical (unpaired) electrons. The van der Waals surface area contributed by atoms with Gasteiger partial charge in [-0.1, -0.05) is 12.1 Å². The number of hydrogen-bond donors (Lipinski definition) is 0. The van der Waals surface area contributed by atoms with Crippen molar-refractivity contribution >= 4 is 22.3 Å². The number of aromatic nitrogens is 1. The standard InChI is InChI=1S/C13H12N4O2/c1-16(9-3-7-14)11-6-8-15-13-10(11)4-2-5-12(13)17(18)19/h2,4-6,8H,3,9H2,1H3. The van der Waals surface area contributed by atoms with E-state index in [0.29, 0.717) is 18.5 Å². The molecule has 19 heavy (non-hydrogen) atoms. The van der Waals surface area contributed by atoms with Crippen molar-refractivity contribution in [2.45, 2.75) is 6.42 Å². The Morgan fingerprint density at radius 1 is 1.47 bits per heavy atom. The minimum atomic E-state index is -0.436. The predicted molar refractivity (Wildman–Crippen MR) is 71.9 cm³/mol. The summed E-state index contributed by atoms with van der Waals surface area (Å²) in [6.45, 7) is 0.568. The highest BCUT2D eigenvalue weighted by molar-refractivity contribution is 5.96. The molecule has 1 heterocycles. The van der Waals surface area contributed by atoms with E-state index >= 15 is 0 Å². The van der Waals surface area contributed by atoms with Gasteiger partial charge in [0.2, 0.25) is 0 Å². The fraction of sp³-hybridized carbons (Fsp3) is 0.231. The summed E-state index contributed by atoms with van der Waals surface area (Å²) in [5, 5.41) is 20.3. The van der Waals surface area contributed by atoms with E-state index in [1.54, 1.807) is 24.4 Å². The van der Waals surface area contributed by atoms with Gasteiger partial charge in [-0.2, -0.15) is 5.26 Å². The van der Waals surface area contributed by atoms with Gasteiger partial charge in [0.1, 0.15) is 5.52 Å². The summed E-state index contributed by atoms with van der Waals surface area (Å²) in [6.07, 6.45) is 1.95. The maximum atomic E-state index is 11.0. The highest BCUT2D eigenvalue weighted by atomic mass is 16.6. The van der Waals surface area contributed by atoms with Gasteiger partial charge in [0.15, 0.2) is 0 Å². The number of nitro groups is 1. The number of fused-ring (bicyclic) bond motifs is 1. The van der Waals surface area contributed by atoms with Crippen LogP contribution in [0, 0.1) is 21.4 Å². The second-order valence-corrected chi connectivity index (χ2v) is 4.09. The molecule has 1 aromatic heterocycles. The Bertz CT molecular complexity index is 663. The van der Waals surface area contributed by atoms with Crippen LogP contribution in [0.4, 0.5) is 11.4 Å². The molecule has 96 valence electrons. The van der Waals surface area contributed by atoms with Crippen LogP contribution in [-0.2, 0) is 0 Å². The quantitative estimate of drug-likeness (QED) is 0.620. The summed E-state index contributed by atoms with van der Waals surface area (Å²) >= 11 is 0. The number of nitro benzene ring substituents is 1. The van der Waals surface area contributed by atoms with E-state index in [-0.39, 0.29) is 5.69 Å². The Hall–Kier alpha value is -2.68. The largest absolute Gasteiger partial charge is 0.373 e. The van der Waals surface area contributed by atoms with Crippen LogP contribution in [-0.4, -0.2) is 23.5 Å². The SMILES string of the molecule is CN(CCC#N)c1ccnc2c([N+](=O)[O-])cccc12. The fourth-order valence-electron chi connectivity index (χ4n) is 1.96. The van der Waals surface area contributed by atoms with Crippen LogP contribution in [0.15, 0.2) is 30.5 Å². The first kappa shape index (κ1) is 12.8. The van der Waals surface area contributed by atoms with Crippen LogP contribution >= 0.6 is 0 Å². The Morgan fingerprint density at radius 3 is 2.95 bits per heavy atom. The third-order valence-corrected chi connectivity index (χ3v) is 2.89. The minimum Gasteiger partial charge on any atom is -0.373 e. The maximum Gasteiger partial charge on any atom is 0.295 e. The van der Waals surface area contributed by atoms with Gasteiger partial charge in [0.25, 0.3) is 5.69 Å². The van der Waals surface area contributed by atoms with Crippen molar-refractivity contribution in [2.75, 3.05) is 18.5 Å². The highest BCUT2D eigenvalue weighted by Crippen LogP contribution is 2.30. The molecule has 6 nitrogen and oxygen atoms in total. The predicted octanol–water partition coefficient (Wildman–Crippen LogP) is 2.49. The summed E-state index contributed by atoms with van der Waals surface area (Å²) in [6, 6.07) is 8.76. The van der Waals surface area contributed by atoms with Crippen molar-refractivity contribution in [1.29, 1.82) is 5.26 Å². The number of pyridine rings is 1. The van der Waals surface area contributed by atoms with Crippen LogP contribution in [0.1, 0.15) is 6.42 Å². The Balaban J connectivity index is 2.55. The smallest absolute Gasteiger partial charge is 0.295 e. The third-order valence-electron chi connectivity index (χ3n) is 2.89. The molecule has 0 spiro atoms. The molecule has 0 saturated heterocycles. The molecule has 2 aromatic rings. The first-order chi connectivity index (χ1) is 9.15. The molecular formula is C13H12N4O2. The lowest BCUT2D eigenvalue weighted by molar-refractivity contribution is -0.383. The maximum absolute atomic E-state index is 11.0. The summed E-state index contributed by atoms with van der Waals surface area (Å²) in [7, 11) is 1.85. The van der Waals surface area contributed by atoms with Crippen molar-refractivity contribution in [3.8, 4) is 6.07 Å². The van der Waals surface area contributed by atoms with Gasteiger partial charge < -0.3 is 4.90 Å². The van der Waals surface area contributed by atoms with Crippen LogP contribution in [0.2, 0.25) is 0 Å². The van der Waals surface area contributed by atoms with Gasteiger partial charge in [-0.05, 0) is 6.07 Å². The highest BCUT2D eigenvalue weighted by Gasteiger charge is 2.15. The van der Waals surface area contributed by atoms with E-state index in [1.807, 2.05) is 11.9 Å². The average Bonchev–Trinajstić information content (AvgIpc) is 2.43. The number of hydrogen-bond acceptors (Lipinski definition) is 5. The van der Waals surface area contributed by atoms with Crippen molar-refractivity contribution in [2.24, 2.45) is 0 Å². The number of para-hydroxylation sites is 1. The van der Waals surface area contributed by atoms with E-state index in [4.69, 9.17) is 5.26 Å². The molecule has 0 aliphatic heterocycles. The normalized spacial score (nSPS) is 10.1. The number of rotatable bonds is 4. The zero-order valence-corrected chi connectivity index (χ0v) is 10.4. The second kappa shape index (κ2) is 5.31. The van der Waals surface area contributed by atoms with Gasteiger partial charge in [0.05, 0.1) is 17.4 Å². The fourth-order valence-corrected chi connectivity index (χ4v) is 1.96.